The molecule has 0 saturated carbocycles. The van der Waals surface area contributed by atoms with Crippen molar-refractivity contribution in [3.8, 4) is 0 Å². The highest BCUT2D eigenvalue weighted by Gasteiger charge is 2.16. The maximum absolute atomic E-state index is 11.8. The minimum absolute atomic E-state index is 0.0645. The zero-order valence-corrected chi connectivity index (χ0v) is 10.1. The van der Waals surface area contributed by atoms with Crippen LogP contribution < -0.4 is 10.7 Å². The van der Waals surface area contributed by atoms with Gasteiger partial charge >= 0.3 is 0 Å². The molecule has 0 spiro atoms. The van der Waals surface area contributed by atoms with Crippen molar-refractivity contribution >= 4 is 5.91 Å². The number of hydrogen-bond acceptors (Lipinski definition) is 3. The zero-order valence-electron chi connectivity index (χ0n) is 10.1. The number of rotatable bonds is 5. The summed E-state index contributed by atoms with van der Waals surface area (Å²) >= 11 is 0. The number of pyridine rings is 1. The van der Waals surface area contributed by atoms with Crippen LogP contribution in [0.5, 0.6) is 0 Å². The molecule has 0 saturated heterocycles. The molecule has 0 bridgehead atoms. The summed E-state index contributed by atoms with van der Waals surface area (Å²) in [6, 6.07) is 0.979. The van der Waals surface area contributed by atoms with Gasteiger partial charge in [0.25, 0.3) is 5.91 Å². The second kappa shape index (κ2) is 6.20. The van der Waals surface area contributed by atoms with E-state index in [-0.39, 0.29) is 23.6 Å². The van der Waals surface area contributed by atoms with Crippen LogP contribution in [0.3, 0.4) is 0 Å². The molecule has 5 heteroatoms. The number of aliphatic hydroxyl groups excluding tert-OH is 1. The molecule has 1 rings (SSSR count). The Morgan fingerprint density at radius 3 is 2.76 bits per heavy atom. The lowest BCUT2D eigenvalue weighted by atomic mass is 10.0. The molecule has 3 N–H and O–H groups in total. The first-order valence-corrected chi connectivity index (χ1v) is 5.63. The van der Waals surface area contributed by atoms with Gasteiger partial charge < -0.3 is 15.4 Å². The van der Waals surface area contributed by atoms with Gasteiger partial charge in [-0.1, -0.05) is 13.8 Å². The number of carbonyl (C=O) groups excluding carboxylic acids is 1. The average molecular weight is 238 g/mol. The molecule has 1 aromatic heterocycles. The van der Waals surface area contributed by atoms with E-state index in [0.29, 0.717) is 12.3 Å². The van der Waals surface area contributed by atoms with E-state index in [1.54, 1.807) is 0 Å². The lowest BCUT2D eigenvalue weighted by molar-refractivity contribution is 0.0907. The van der Waals surface area contributed by atoms with Crippen LogP contribution in [0, 0.1) is 5.92 Å². The maximum Gasteiger partial charge on any atom is 0.257 e. The third-order valence-electron chi connectivity index (χ3n) is 2.38. The number of amides is 1. The predicted molar refractivity (Wildman–Crippen MR) is 64.9 cm³/mol. The van der Waals surface area contributed by atoms with E-state index in [1.165, 1.54) is 18.5 Å². The molecule has 5 nitrogen and oxygen atoms in total. The molecular weight excluding hydrogens is 220 g/mol. The van der Waals surface area contributed by atoms with Gasteiger partial charge in [-0.05, 0) is 12.3 Å². The lowest BCUT2D eigenvalue weighted by Gasteiger charge is -2.17. The van der Waals surface area contributed by atoms with Gasteiger partial charge in [-0.25, -0.2) is 0 Å². The van der Waals surface area contributed by atoms with Crippen LogP contribution in [0.1, 0.15) is 30.6 Å². The van der Waals surface area contributed by atoms with Crippen LogP contribution in [-0.4, -0.2) is 28.6 Å². The Balaban J connectivity index is 2.71. The first kappa shape index (κ1) is 13.4. The first-order valence-electron chi connectivity index (χ1n) is 5.63. The summed E-state index contributed by atoms with van der Waals surface area (Å²) in [4.78, 5) is 25.9. The van der Waals surface area contributed by atoms with Gasteiger partial charge in [0.1, 0.15) is 5.56 Å². The van der Waals surface area contributed by atoms with Gasteiger partial charge in [0, 0.05) is 18.5 Å². The SMILES string of the molecule is CC(C)CC(CO)NC(=O)c1c[nH]ccc1=O. The van der Waals surface area contributed by atoms with Crippen molar-refractivity contribution < 1.29 is 9.90 Å². The summed E-state index contributed by atoms with van der Waals surface area (Å²) in [5.41, 5.74) is -0.266. The fraction of sp³-hybridized carbons (Fsp3) is 0.500. The van der Waals surface area contributed by atoms with Crippen molar-refractivity contribution in [2.75, 3.05) is 6.61 Å². The van der Waals surface area contributed by atoms with Crippen molar-refractivity contribution in [3.05, 3.63) is 34.2 Å². The van der Waals surface area contributed by atoms with Gasteiger partial charge in [0.2, 0.25) is 0 Å². The number of carbonyl (C=O) groups is 1. The molecule has 0 fully saturated rings. The van der Waals surface area contributed by atoms with Gasteiger partial charge in [0.05, 0.1) is 12.6 Å². The molecule has 17 heavy (non-hydrogen) atoms. The van der Waals surface area contributed by atoms with E-state index in [1.807, 2.05) is 13.8 Å². The standard InChI is InChI=1S/C12H18N2O3/c1-8(2)5-9(7-15)14-12(17)10-6-13-4-3-11(10)16/h3-4,6,8-9,15H,5,7H2,1-2H3,(H,13,16)(H,14,17). The molecule has 0 aliphatic heterocycles. The van der Waals surface area contributed by atoms with Crippen LogP contribution in [0.4, 0.5) is 0 Å². The van der Waals surface area contributed by atoms with Gasteiger partial charge in [0.15, 0.2) is 5.43 Å². The van der Waals surface area contributed by atoms with Crippen molar-refractivity contribution in [2.45, 2.75) is 26.3 Å². The maximum atomic E-state index is 11.8. The molecule has 0 radical (unpaired) electrons. The molecule has 1 aromatic rings. The van der Waals surface area contributed by atoms with Gasteiger partial charge in [-0.15, -0.1) is 0 Å². The fourth-order valence-electron chi connectivity index (χ4n) is 1.60. The first-order chi connectivity index (χ1) is 8.04. The highest BCUT2D eigenvalue weighted by Crippen LogP contribution is 2.04. The third-order valence-corrected chi connectivity index (χ3v) is 2.38. The van der Waals surface area contributed by atoms with Crippen LogP contribution in [0.2, 0.25) is 0 Å². The fourth-order valence-corrected chi connectivity index (χ4v) is 1.60. The number of aromatic amines is 1. The van der Waals surface area contributed by atoms with E-state index in [4.69, 9.17) is 5.11 Å². The van der Waals surface area contributed by atoms with Crippen molar-refractivity contribution in [2.24, 2.45) is 5.92 Å². The Morgan fingerprint density at radius 1 is 1.53 bits per heavy atom. The Bertz CT molecular complexity index is 426. The second-order valence-corrected chi connectivity index (χ2v) is 4.40. The highest BCUT2D eigenvalue weighted by atomic mass is 16.3. The predicted octanol–water partition coefficient (Wildman–Crippen LogP) is 0.512. The number of nitrogens with one attached hydrogen (secondary N) is 2. The van der Waals surface area contributed by atoms with Crippen LogP contribution in [0.15, 0.2) is 23.3 Å². The van der Waals surface area contributed by atoms with Crippen molar-refractivity contribution in [1.29, 1.82) is 0 Å². The zero-order chi connectivity index (χ0) is 12.8. The summed E-state index contributed by atoms with van der Waals surface area (Å²) in [6.45, 7) is 3.88. The van der Waals surface area contributed by atoms with E-state index >= 15 is 0 Å². The minimum atomic E-state index is -0.452. The Hall–Kier alpha value is -1.62. The van der Waals surface area contributed by atoms with Crippen LogP contribution in [0.25, 0.3) is 0 Å². The lowest BCUT2D eigenvalue weighted by Crippen LogP contribution is -2.40. The molecule has 1 unspecified atom stereocenters. The largest absolute Gasteiger partial charge is 0.394 e. The molecule has 1 heterocycles. The Morgan fingerprint density at radius 2 is 2.24 bits per heavy atom. The Labute approximate surface area is 99.9 Å². The van der Waals surface area contributed by atoms with E-state index in [9.17, 15) is 9.59 Å². The quantitative estimate of drug-likeness (QED) is 0.699. The molecule has 0 aliphatic carbocycles. The van der Waals surface area contributed by atoms with Crippen LogP contribution in [-0.2, 0) is 0 Å². The van der Waals surface area contributed by atoms with E-state index in [0.717, 1.165) is 0 Å². The molecular formula is C12H18N2O3. The highest BCUT2D eigenvalue weighted by molar-refractivity contribution is 5.93. The number of hydrogen-bond donors (Lipinski definition) is 3. The Kier molecular flexibility index (Phi) is 4.90. The molecule has 94 valence electrons. The molecule has 1 amide bonds. The van der Waals surface area contributed by atoms with Crippen molar-refractivity contribution in [3.63, 3.8) is 0 Å². The monoisotopic (exact) mass is 238 g/mol. The van der Waals surface area contributed by atoms with Crippen LogP contribution >= 0.6 is 0 Å². The van der Waals surface area contributed by atoms with Crippen molar-refractivity contribution in [1.82, 2.24) is 10.3 Å². The summed E-state index contributed by atoms with van der Waals surface area (Å²) in [6.07, 6.45) is 3.51. The number of aromatic nitrogens is 1. The van der Waals surface area contributed by atoms with E-state index < -0.39 is 5.91 Å². The number of aliphatic hydroxyl groups is 1. The minimum Gasteiger partial charge on any atom is -0.394 e. The average Bonchev–Trinajstić information content (AvgIpc) is 2.27. The topological polar surface area (TPSA) is 82.2 Å². The smallest absolute Gasteiger partial charge is 0.257 e. The number of H-pyrrole nitrogens is 1. The molecule has 1 atom stereocenters. The van der Waals surface area contributed by atoms with Gasteiger partial charge in [-0.2, -0.15) is 0 Å². The second-order valence-electron chi connectivity index (χ2n) is 4.40. The summed E-state index contributed by atoms with van der Waals surface area (Å²) in [5.74, 6) is -0.0898. The summed E-state index contributed by atoms with van der Waals surface area (Å²) in [5, 5.41) is 11.8. The molecule has 0 aliphatic rings. The summed E-state index contributed by atoms with van der Waals surface area (Å²) < 4.78 is 0. The van der Waals surface area contributed by atoms with Gasteiger partial charge in [-0.3, -0.25) is 9.59 Å². The van der Waals surface area contributed by atoms with E-state index in [2.05, 4.69) is 10.3 Å². The normalized spacial score (nSPS) is 12.5. The molecule has 0 aromatic carbocycles. The third kappa shape index (κ3) is 4.03. The summed E-state index contributed by atoms with van der Waals surface area (Å²) in [7, 11) is 0.